The molecule has 1 aromatic carbocycles. The number of hydrogen-bond acceptors (Lipinski definition) is 2. The Hall–Kier alpha value is -2.01. The van der Waals surface area contributed by atoms with Crippen molar-refractivity contribution in [2.75, 3.05) is 0 Å². The Labute approximate surface area is 113 Å². The van der Waals surface area contributed by atoms with Crippen molar-refractivity contribution >= 4 is 17.5 Å². The van der Waals surface area contributed by atoms with Crippen molar-refractivity contribution in [3.05, 3.63) is 64.4 Å². The molecule has 0 spiro atoms. The summed E-state index contributed by atoms with van der Waals surface area (Å²) in [5, 5.41) is 2.52. The van der Waals surface area contributed by atoms with E-state index in [4.69, 9.17) is 11.6 Å². The third-order valence-electron chi connectivity index (χ3n) is 2.38. The summed E-state index contributed by atoms with van der Waals surface area (Å²) >= 11 is 5.62. The van der Waals surface area contributed by atoms with Gasteiger partial charge in [0.1, 0.15) is 11.5 Å². The summed E-state index contributed by atoms with van der Waals surface area (Å²) < 4.78 is 25.8. The van der Waals surface area contributed by atoms with Crippen molar-refractivity contribution < 1.29 is 13.6 Å². The highest BCUT2D eigenvalue weighted by Crippen LogP contribution is 2.15. The fourth-order valence-electron chi connectivity index (χ4n) is 1.46. The molecule has 3 nitrogen and oxygen atoms in total. The minimum Gasteiger partial charge on any atom is -0.347 e. The summed E-state index contributed by atoms with van der Waals surface area (Å²) in [4.78, 5) is 15.1. The van der Waals surface area contributed by atoms with Crippen molar-refractivity contribution in [3.63, 3.8) is 0 Å². The van der Waals surface area contributed by atoms with Crippen LogP contribution in [0.25, 0.3) is 0 Å². The standard InChI is InChI=1S/C13H9ClF2N2O/c14-9-6-8(4-5-10(9)15)7-17-13(19)11-2-1-3-12(16)18-11/h1-6H,7H2,(H,17,19). The van der Waals surface area contributed by atoms with Gasteiger partial charge in [-0.05, 0) is 29.8 Å². The predicted octanol–water partition coefficient (Wildman–Crippen LogP) is 2.94. The van der Waals surface area contributed by atoms with Crippen LogP contribution in [0.2, 0.25) is 5.02 Å². The van der Waals surface area contributed by atoms with E-state index in [1.165, 1.54) is 30.3 Å². The molecular weight excluding hydrogens is 274 g/mol. The topological polar surface area (TPSA) is 42.0 Å². The van der Waals surface area contributed by atoms with Crippen molar-refractivity contribution in [2.24, 2.45) is 0 Å². The fourth-order valence-corrected chi connectivity index (χ4v) is 1.66. The number of pyridine rings is 1. The fraction of sp³-hybridized carbons (Fsp3) is 0.0769. The highest BCUT2D eigenvalue weighted by Gasteiger charge is 2.08. The quantitative estimate of drug-likeness (QED) is 0.880. The van der Waals surface area contributed by atoms with Gasteiger partial charge in [0.15, 0.2) is 0 Å². The second kappa shape index (κ2) is 5.75. The molecule has 0 fully saturated rings. The molecule has 0 saturated heterocycles. The van der Waals surface area contributed by atoms with E-state index in [2.05, 4.69) is 10.3 Å². The monoisotopic (exact) mass is 282 g/mol. The van der Waals surface area contributed by atoms with Gasteiger partial charge in [0.25, 0.3) is 5.91 Å². The van der Waals surface area contributed by atoms with Crippen LogP contribution in [0.5, 0.6) is 0 Å². The van der Waals surface area contributed by atoms with E-state index in [1.807, 2.05) is 0 Å². The number of nitrogens with zero attached hydrogens (tertiary/aromatic N) is 1. The first-order valence-electron chi connectivity index (χ1n) is 5.41. The van der Waals surface area contributed by atoms with Gasteiger partial charge in [-0.3, -0.25) is 4.79 Å². The number of hydrogen-bond donors (Lipinski definition) is 1. The molecule has 0 atom stereocenters. The number of nitrogens with one attached hydrogen (secondary N) is 1. The van der Waals surface area contributed by atoms with Gasteiger partial charge in [0.05, 0.1) is 5.02 Å². The second-order valence-electron chi connectivity index (χ2n) is 3.78. The number of amides is 1. The average Bonchev–Trinajstić information content (AvgIpc) is 2.40. The molecule has 0 unspecified atom stereocenters. The Morgan fingerprint density at radius 3 is 2.74 bits per heavy atom. The number of benzene rings is 1. The first kappa shape index (κ1) is 13.4. The number of halogens is 3. The highest BCUT2D eigenvalue weighted by atomic mass is 35.5. The zero-order chi connectivity index (χ0) is 13.8. The van der Waals surface area contributed by atoms with E-state index in [1.54, 1.807) is 0 Å². The summed E-state index contributed by atoms with van der Waals surface area (Å²) in [6, 6.07) is 8.07. The van der Waals surface area contributed by atoms with Gasteiger partial charge >= 0.3 is 0 Å². The van der Waals surface area contributed by atoms with Crippen LogP contribution in [0.4, 0.5) is 8.78 Å². The lowest BCUT2D eigenvalue weighted by molar-refractivity contribution is 0.0944. The second-order valence-corrected chi connectivity index (χ2v) is 4.18. The normalized spacial score (nSPS) is 10.3. The van der Waals surface area contributed by atoms with Gasteiger partial charge in [-0.2, -0.15) is 4.39 Å². The molecule has 0 aliphatic heterocycles. The summed E-state index contributed by atoms with van der Waals surface area (Å²) in [6.07, 6.45) is 0. The van der Waals surface area contributed by atoms with E-state index in [0.717, 1.165) is 6.07 Å². The zero-order valence-corrected chi connectivity index (χ0v) is 10.4. The maximum Gasteiger partial charge on any atom is 0.270 e. The molecule has 0 aliphatic rings. The first-order chi connectivity index (χ1) is 9.06. The van der Waals surface area contributed by atoms with Crippen molar-refractivity contribution in [2.45, 2.75) is 6.54 Å². The van der Waals surface area contributed by atoms with Crippen LogP contribution in [0, 0.1) is 11.8 Å². The molecule has 1 N–H and O–H groups in total. The summed E-state index contributed by atoms with van der Waals surface area (Å²) in [5.41, 5.74) is 0.615. The Morgan fingerprint density at radius 2 is 2.05 bits per heavy atom. The number of carbonyl (C=O) groups excluding carboxylic acids is 1. The van der Waals surface area contributed by atoms with Crippen LogP contribution in [-0.2, 0) is 6.54 Å². The molecule has 6 heteroatoms. The van der Waals surface area contributed by atoms with Gasteiger partial charge < -0.3 is 5.32 Å². The SMILES string of the molecule is O=C(NCc1ccc(F)c(Cl)c1)c1cccc(F)n1. The van der Waals surface area contributed by atoms with Gasteiger partial charge in [-0.1, -0.05) is 23.7 Å². The molecule has 1 heterocycles. The van der Waals surface area contributed by atoms with Gasteiger partial charge in [-0.25, -0.2) is 9.37 Å². The highest BCUT2D eigenvalue weighted by molar-refractivity contribution is 6.30. The van der Waals surface area contributed by atoms with Crippen LogP contribution >= 0.6 is 11.6 Å². The van der Waals surface area contributed by atoms with Crippen molar-refractivity contribution in [1.82, 2.24) is 10.3 Å². The molecule has 19 heavy (non-hydrogen) atoms. The molecule has 0 radical (unpaired) electrons. The molecule has 0 aliphatic carbocycles. The van der Waals surface area contributed by atoms with E-state index in [-0.39, 0.29) is 17.3 Å². The Bertz CT molecular complexity index is 619. The third-order valence-corrected chi connectivity index (χ3v) is 2.67. The van der Waals surface area contributed by atoms with Crippen LogP contribution in [-0.4, -0.2) is 10.9 Å². The molecule has 1 aromatic heterocycles. The van der Waals surface area contributed by atoms with E-state index >= 15 is 0 Å². The van der Waals surface area contributed by atoms with Crippen LogP contribution in [0.1, 0.15) is 16.1 Å². The minimum atomic E-state index is -0.725. The molecule has 0 saturated carbocycles. The Kier molecular flexibility index (Phi) is 4.06. The molecule has 2 aromatic rings. The maximum atomic E-state index is 12.9. The molecule has 98 valence electrons. The van der Waals surface area contributed by atoms with E-state index in [0.29, 0.717) is 5.56 Å². The smallest absolute Gasteiger partial charge is 0.270 e. The summed E-state index contributed by atoms with van der Waals surface area (Å²) in [6.45, 7) is 0.150. The third kappa shape index (κ3) is 3.48. The van der Waals surface area contributed by atoms with Crippen LogP contribution in [0.15, 0.2) is 36.4 Å². The van der Waals surface area contributed by atoms with Gasteiger partial charge in [-0.15, -0.1) is 0 Å². The number of rotatable bonds is 3. The van der Waals surface area contributed by atoms with Crippen LogP contribution < -0.4 is 5.32 Å². The Balaban J connectivity index is 2.02. The Morgan fingerprint density at radius 1 is 1.26 bits per heavy atom. The van der Waals surface area contributed by atoms with Crippen LogP contribution in [0.3, 0.4) is 0 Å². The predicted molar refractivity (Wildman–Crippen MR) is 66.8 cm³/mol. The molecule has 2 rings (SSSR count). The number of aromatic nitrogens is 1. The molecular formula is C13H9ClF2N2O. The minimum absolute atomic E-state index is 0.0179. The lowest BCUT2D eigenvalue weighted by atomic mass is 10.2. The van der Waals surface area contributed by atoms with Crippen molar-refractivity contribution in [1.29, 1.82) is 0 Å². The number of carbonyl (C=O) groups is 1. The van der Waals surface area contributed by atoms with Gasteiger partial charge in [0, 0.05) is 6.54 Å². The lowest BCUT2D eigenvalue weighted by Crippen LogP contribution is -2.24. The van der Waals surface area contributed by atoms with Gasteiger partial charge in [0.2, 0.25) is 5.95 Å². The summed E-state index contributed by atoms with van der Waals surface area (Å²) in [5.74, 6) is -1.76. The lowest BCUT2D eigenvalue weighted by Gasteiger charge is -2.05. The van der Waals surface area contributed by atoms with E-state index < -0.39 is 17.7 Å². The first-order valence-corrected chi connectivity index (χ1v) is 5.79. The average molecular weight is 283 g/mol. The zero-order valence-electron chi connectivity index (χ0n) is 9.66. The maximum absolute atomic E-state index is 12.9. The summed E-state index contributed by atoms with van der Waals surface area (Å²) in [7, 11) is 0. The molecule has 0 bridgehead atoms. The largest absolute Gasteiger partial charge is 0.347 e. The van der Waals surface area contributed by atoms with E-state index in [9.17, 15) is 13.6 Å². The van der Waals surface area contributed by atoms with Crippen molar-refractivity contribution in [3.8, 4) is 0 Å². The molecule has 1 amide bonds.